The Morgan fingerprint density at radius 1 is 0.584 bits per heavy atom. The summed E-state index contributed by atoms with van der Waals surface area (Å²) in [7, 11) is 1.52. The van der Waals surface area contributed by atoms with Crippen molar-refractivity contribution in [2.24, 2.45) is 11.5 Å². The molecule has 1 aromatic heterocycles. The zero-order chi connectivity index (χ0) is 83.9. The van der Waals surface area contributed by atoms with Crippen LogP contribution >= 0.6 is 0 Å². The summed E-state index contributed by atoms with van der Waals surface area (Å²) in [5, 5.41) is 73.2. The third-order valence-corrected chi connectivity index (χ3v) is 18.0. The van der Waals surface area contributed by atoms with Crippen LogP contribution in [0, 0.1) is 36.0 Å². The Hall–Kier alpha value is -12.3. The zero-order valence-corrected chi connectivity index (χ0v) is 62.2. The summed E-state index contributed by atoms with van der Waals surface area (Å²) in [6, 6.07) is 10.1. The number of benzene rings is 5. The van der Waals surface area contributed by atoms with Gasteiger partial charge in [0.25, 0.3) is 0 Å². The number of halogens is 5. The minimum Gasteiger partial charge on any atom is -0.497 e. The highest BCUT2D eigenvalue weighted by Crippen LogP contribution is 2.31. The molecule has 113 heavy (non-hydrogen) atoms. The van der Waals surface area contributed by atoms with Crippen LogP contribution in [0.5, 0.6) is 5.75 Å². The van der Waals surface area contributed by atoms with Gasteiger partial charge in [0, 0.05) is 49.6 Å². The lowest BCUT2D eigenvalue weighted by Gasteiger charge is -2.34. The van der Waals surface area contributed by atoms with E-state index in [0.29, 0.717) is 35.9 Å². The molecule has 0 unspecified atom stereocenters. The summed E-state index contributed by atoms with van der Waals surface area (Å²) in [5.74, 6) is -30.1. The van der Waals surface area contributed by atoms with E-state index in [1.807, 2.05) is 71.5 Å². The highest BCUT2D eigenvalue weighted by molar-refractivity contribution is 6.00. The standard InChI is InChI=1S/C75H89F5N14O19/c1-8-41-27-45(113-7)21-22-47(41)43-19-15-40(16-20-43)26-52(69(107)88-51(65(82)103)25-39-13-17-42(18-14-39)46-12-10-9-11-35(46)2)89-70(108)53(29-57(101)102)90-71(109)54(33-95)91-72(110)63(37(4)96)93-74(112)75(6,30-48-58(76)60(78)62(80)61(79)59(48)77)94-73(111)64(38(5)97)92-55(98)32-84-68(106)50(23-24-56(99)100)87-66(104)36(3)86-67(105)49(81)28-44-31-83-34-85-44/h9-22,27,31,34,36-38,49-54,63-64,95-97H,8,23-26,28-30,32-33,81H2,1-7H3,(H2,82,103)(H,83,85)(H,84,106)(H,86,105)(H,87,104)(H,88,107)(H,89,108)(H,90,109)(H,91,110)(H,92,98)(H,93,112)(H,94,111)(H,99,100)(H,101,102)/t36-,37+,38+,49-,50-,51-,52-,53-,54-,63-,64-,75-/m0/s1. The molecule has 0 aliphatic heterocycles. The van der Waals surface area contributed by atoms with Gasteiger partial charge in [0.1, 0.15) is 59.6 Å². The van der Waals surface area contributed by atoms with Crippen molar-refractivity contribution in [3.8, 4) is 28.0 Å². The van der Waals surface area contributed by atoms with Crippen LogP contribution in [0.1, 0.15) is 87.4 Å². The highest BCUT2D eigenvalue weighted by Gasteiger charge is 2.44. The number of nitrogens with zero attached hydrogens (tertiary/aromatic N) is 1. The number of hydrogen-bond donors (Lipinski definition) is 18. The summed E-state index contributed by atoms with van der Waals surface area (Å²) >= 11 is 0. The van der Waals surface area contributed by atoms with Crippen molar-refractivity contribution < 1.29 is 115 Å². The van der Waals surface area contributed by atoms with Gasteiger partial charge in [-0.25, -0.2) is 26.9 Å². The number of ether oxygens (including phenoxy) is 1. The molecule has 6 aromatic rings. The molecule has 0 saturated heterocycles. The number of carbonyl (C=O) groups excluding carboxylic acids is 11. The molecule has 33 nitrogen and oxygen atoms in total. The number of imidazole rings is 1. The fraction of sp³-hybridized carbons (Fsp3) is 0.387. The second-order valence-electron chi connectivity index (χ2n) is 26.8. The fourth-order valence-electron chi connectivity index (χ4n) is 11.6. The van der Waals surface area contributed by atoms with Gasteiger partial charge in [-0.2, -0.15) is 0 Å². The molecule has 0 spiro atoms. The first-order valence-corrected chi connectivity index (χ1v) is 35.2. The van der Waals surface area contributed by atoms with Gasteiger partial charge in [0.2, 0.25) is 70.8 Å². The van der Waals surface area contributed by atoms with E-state index < -0.39 is 223 Å². The Morgan fingerprint density at radius 3 is 1.65 bits per heavy atom. The third kappa shape index (κ3) is 25.1. The summed E-state index contributed by atoms with van der Waals surface area (Å²) in [6.45, 7) is 4.70. The third-order valence-electron chi connectivity index (χ3n) is 18.0. The van der Waals surface area contributed by atoms with E-state index in [0.717, 1.165) is 47.2 Å². The number of aliphatic hydroxyl groups is 3. The van der Waals surface area contributed by atoms with Crippen molar-refractivity contribution in [1.82, 2.24) is 63.1 Å². The van der Waals surface area contributed by atoms with Crippen LogP contribution in [0.4, 0.5) is 22.0 Å². The number of aromatic nitrogens is 2. The van der Waals surface area contributed by atoms with Crippen LogP contribution in [-0.2, 0) is 94.4 Å². The molecule has 11 amide bonds. The summed E-state index contributed by atoms with van der Waals surface area (Å²) in [6.07, 6.45) is -5.85. The van der Waals surface area contributed by atoms with Crippen LogP contribution in [0.3, 0.4) is 0 Å². The van der Waals surface area contributed by atoms with E-state index in [4.69, 9.17) is 16.2 Å². The summed E-state index contributed by atoms with van der Waals surface area (Å²) in [4.78, 5) is 183. The second kappa shape index (κ2) is 41.1. The first kappa shape index (κ1) is 89.6. The molecule has 0 radical (unpaired) electrons. The molecular formula is C75H89F5N14O19. The lowest BCUT2D eigenvalue weighted by Crippen LogP contribution is -2.67. The van der Waals surface area contributed by atoms with Crippen LogP contribution in [0.2, 0.25) is 0 Å². The zero-order valence-electron chi connectivity index (χ0n) is 62.2. The topological polar surface area (TPSA) is 533 Å². The van der Waals surface area contributed by atoms with Crippen LogP contribution in [0.25, 0.3) is 22.3 Å². The number of aliphatic hydroxyl groups excluding tert-OH is 3. The van der Waals surface area contributed by atoms with Crippen LogP contribution < -0.4 is 69.4 Å². The average Bonchev–Trinajstić information content (AvgIpc) is 0.915. The van der Waals surface area contributed by atoms with Gasteiger partial charge in [0.15, 0.2) is 23.3 Å². The molecule has 5 aromatic carbocycles. The Bertz CT molecular complexity index is 4430. The number of amides is 11. The van der Waals surface area contributed by atoms with Gasteiger partial charge in [0.05, 0.1) is 51.3 Å². The lowest BCUT2D eigenvalue weighted by molar-refractivity contribution is -0.142. The molecule has 0 bridgehead atoms. The molecule has 38 heteroatoms. The number of primary amides is 1. The maximum absolute atomic E-state index is 15.6. The van der Waals surface area contributed by atoms with Gasteiger partial charge in [-0.3, -0.25) is 62.3 Å². The van der Waals surface area contributed by atoms with E-state index >= 15 is 8.78 Å². The minimum absolute atomic E-state index is 0.0322. The molecule has 6 rings (SSSR count). The number of aromatic amines is 1. The Kier molecular flexibility index (Phi) is 32.6. The molecule has 608 valence electrons. The number of rotatable bonds is 41. The lowest BCUT2D eigenvalue weighted by atomic mass is 9.89. The average molecular weight is 1590 g/mol. The maximum Gasteiger partial charge on any atom is 0.305 e. The molecule has 0 aliphatic carbocycles. The van der Waals surface area contributed by atoms with Gasteiger partial charge in [-0.05, 0) is 104 Å². The predicted molar refractivity (Wildman–Crippen MR) is 391 cm³/mol. The van der Waals surface area contributed by atoms with Crippen molar-refractivity contribution in [2.45, 2.75) is 165 Å². The number of H-pyrrole nitrogens is 1. The first-order valence-electron chi connectivity index (χ1n) is 35.2. The normalized spacial score (nSPS) is 14.6. The second-order valence-corrected chi connectivity index (χ2v) is 26.8. The Labute approximate surface area is 643 Å². The number of nitrogens with two attached hydrogens (primary N) is 2. The van der Waals surface area contributed by atoms with Gasteiger partial charge >= 0.3 is 11.9 Å². The number of aryl methyl sites for hydroxylation is 2. The van der Waals surface area contributed by atoms with Crippen molar-refractivity contribution in [1.29, 1.82) is 0 Å². The smallest absolute Gasteiger partial charge is 0.305 e. The van der Waals surface area contributed by atoms with Gasteiger partial charge in [-0.1, -0.05) is 85.8 Å². The number of carboxylic acids is 2. The molecule has 1 heterocycles. The summed E-state index contributed by atoms with van der Waals surface area (Å²) < 4.78 is 80.6. The van der Waals surface area contributed by atoms with Gasteiger partial charge < -0.3 is 99.9 Å². The fourth-order valence-corrected chi connectivity index (χ4v) is 11.6. The van der Waals surface area contributed by atoms with Crippen molar-refractivity contribution >= 4 is 76.9 Å². The quantitative estimate of drug-likeness (QED) is 0.0129. The van der Waals surface area contributed by atoms with E-state index in [-0.39, 0.29) is 19.3 Å². The predicted octanol–water partition coefficient (Wildman–Crippen LogP) is -0.615. The molecular weight excluding hydrogens is 1500 g/mol. The van der Waals surface area contributed by atoms with Crippen LogP contribution in [-0.4, -0.2) is 205 Å². The van der Waals surface area contributed by atoms with Crippen LogP contribution in [0.15, 0.2) is 104 Å². The monoisotopic (exact) mass is 1580 g/mol. The van der Waals surface area contributed by atoms with Gasteiger partial charge in [-0.15, -0.1) is 0 Å². The maximum atomic E-state index is 15.6. The largest absolute Gasteiger partial charge is 0.497 e. The highest BCUT2D eigenvalue weighted by atomic mass is 19.2. The van der Waals surface area contributed by atoms with E-state index in [1.54, 1.807) is 54.6 Å². The molecule has 20 N–H and O–H groups in total. The van der Waals surface area contributed by atoms with E-state index in [9.17, 15) is 101 Å². The molecule has 0 saturated carbocycles. The summed E-state index contributed by atoms with van der Waals surface area (Å²) in [5.41, 5.74) is 13.5. The van der Waals surface area contributed by atoms with Crippen molar-refractivity contribution in [3.05, 3.63) is 166 Å². The molecule has 12 atom stereocenters. The number of aliphatic carboxylic acids is 2. The number of nitrogens with one attached hydrogen (secondary N) is 11. The first-order chi connectivity index (χ1) is 53.3. The number of methoxy groups -OCH3 is 1. The van der Waals surface area contributed by atoms with E-state index in [1.165, 1.54) is 26.6 Å². The Balaban J connectivity index is 1.21. The molecule has 0 fully saturated rings. The molecule has 0 aliphatic rings. The SMILES string of the molecule is CCc1cc(OC)ccc1-c1ccc(C[C@H](NC(=O)[C@H](CC(=O)O)NC(=O)[C@H](CO)NC(=O)[C@@H](NC(=O)[C@](C)(Cc2c(F)c(F)c(F)c(F)c2F)NC(=O)[C@@H](NC(=O)CNC(=O)[C@H](CCC(=O)O)NC(=O)[C@H](C)NC(=O)[C@@H](N)Cc2cnc[nH]2)[C@@H](C)O)[C@@H](C)O)C(=O)N[C@@H](Cc2ccc(-c3ccccc3C)cc2)C(N)=O)cc1. The number of hydrogen-bond acceptors (Lipinski definition) is 19. The number of carbonyl (C=O) groups is 13. The van der Waals surface area contributed by atoms with Crippen molar-refractivity contribution in [2.75, 3.05) is 20.3 Å². The minimum atomic E-state index is -3.15. The van der Waals surface area contributed by atoms with E-state index in [2.05, 4.69) is 41.9 Å². The number of carboxylic acid groups (broad SMARTS) is 2. The van der Waals surface area contributed by atoms with Crippen molar-refractivity contribution in [3.63, 3.8) is 0 Å². The Morgan fingerprint density at radius 2 is 1.12 bits per heavy atom.